The SMILES string of the molecule is CN=C1C=C(Br)C=C/C1=C(/C)Cl.Cc1cn2cc(N)cc(F)c2n1. The van der Waals surface area contributed by atoms with E-state index in [0.717, 1.165) is 26.5 Å². The van der Waals surface area contributed by atoms with Crippen molar-refractivity contribution in [1.29, 1.82) is 0 Å². The normalized spacial score (nSPS) is 17.6. The highest BCUT2D eigenvalue weighted by atomic mass is 79.9. The minimum atomic E-state index is -0.386. The summed E-state index contributed by atoms with van der Waals surface area (Å²) in [6.45, 7) is 3.67. The van der Waals surface area contributed by atoms with Crippen molar-refractivity contribution in [2.45, 2.75) is 13.8 Å². The van der Waals surface area contributed by atoms with Crippen molar-refractivity contribution in [3.63, 3.8) is 0 Å². The number of hydrogen-bond donors (Lipinski definition) is 1. The van der Waals surface area contributed by atoms with Crippen LogP contribution in [0.4, 0.5) is 10.1 Å². The van der Waals surface area contributed by atoms with Crippen LogP contribution in [0.15, 0.2) is 56.8 Å². The fourth-order valence-electron chi connectivity index (χ4n) is 2.18. The Hall–Kier alpha value is -1.92. The highest BCUT2D eigenvalue weighted by Gasteiger charge is 2.08. The van der Waals surface area contributed by atoms with Crippen LogP contribution in [0, 0.1) is 12.7 Å². The Morgan fingerprint density at radius 3 is 2.71 bits per heavy atom. The number of nitrogens with zero attached hydrogens (tertiary/aromatic N) is 3. The van der Waals surface area contributed by atoms with E-state index in [1.807, 2.05) is 32.1 Å². The largest absolute Gasteiger partial charge is 0.397 e. The molecule has 126 valence electrons. The molecular weight excluding hydrogens is 395 g/mol. The lowest BCUT2D eigenvalue weighted by Crippen LogP contribution is -2.02. The van der Waals surface area contributed by atoms with Gasteiger partial charge < -0.3 is 10.1 Å². The fourth-order valence-corrected chi connectivity index (χ4v) is 2.69. The number of fused-ring (bicyclic) bond motifs is 1. The van der Waals surface area contributed by atoms with Gasteiger partial charge in [0.25, 0.3) is 0 Å². The molecule has 0 aromatic carbocycles. The average Bonchev–Trinajstić information content (AvgIpc) is 2.88. The van der Waals surface area contributed by atoms with Gasteiger partial charge in [0.05, 0.1) is 17.1 Å². The number of nitrogen functional groups attached to an aromatic ring is 1. The Morgan fingerprint density at radius 1 is 1.38 bits per heavy atom. The Kier molecular flexibility index (Phi) is 5.96. The van der Waals surface area contributed by atoms with E-state index in [1.54, 1.807) is 23.8 Å². The molecule has 0 radical (unpaired) electrons. The van der Waals surface area contributed by atoms with Gasteiger partial charge in [-0.3, -0.25) is 4.99 Å². The van der Waals surface area contributed by atoms with Gasteiger partial charge in [0.2, 0.25) is 0 Å². The number of hydrogen-bond acceptors (Lipinski definition) is 3. The Bertz CT molecular complexity index is 889. The first-order valence-corrected chi connectivity index (χ1v) is 8.28. The molecule has 1 aliphatic rings. The first-order valence-electron chi connectivity index (χ1n) is 7.11. The second kappa shape index (κ2) is 7.77. The van der Waals surface area contributed by atoms with Gasteiger partial charge in [-0.15, -0.1) is 0 Å². The van der Waals surface area contributed by atoms with Crippen molar-refractivity contribution >= 4 is 44.6 Å². The summed E-state index contributed by atoms with van der Waals surface area (Å²) in [6.07, 6.45) is 9.22. The summed E-state index contributed by atoms with van der Waals surface area (Å²) in [7, 11) is 1.76. The van der Waals surface area contributed by atoms with Crippen LogP contribution < -0.4 is 5.73 Å². The number of allylic oxidation sites excluding steroid dienone is 6. The third-order valence-corrected chi connectivity index (χ3v) is 3.92. The summed E-state index contributed by atoms with van der Waals surface area (Å²) in [5.74, 6) is -0.386. The quantitative estimate of drug-likeness (QED) is 0.678. The average molecular weight is 412 g/mol. The van der Waals surface area contributed by atoms with Gasteiger partial charge in [-0.1, -0.05) is 33.6 Å². The van der Waals surface area contributed by atoms with Gasteiger partial charge in [0, 0.05) is 40.6 Å². The summed E-state index contributed by atoms with van der Waals surface area (Å²) in [5.41, 5.74) is 8.85. The predicted molar refractivity (Wildman–Crippen MR) is 102 cm³/mol. The molecule has 0 saturated carbocycles. The molecule has 0 atom stereocenters. The fraction of sp³-hybridized carbons (Fsp3) is 0.176. The highest BCUT2D eigenvalue weighted by Crippen LogP contribution is 2.21. The van der Waals surface area contributed by atoms with Gasteiger partial charge in [-0.2, -0.15) is 0 Å². The minimum absolute atomic E-state index is 0.321. The topological polar surface area (TPSA) is 55.7 Å². The van der Waals surface area contributed by atoms with Crippen molar-refractivity contribution in [1.82, 2.24) is 9.38 Å². The van der Waals surface area contributed by atoms with Crippen molar-refractivity contribution in [3.8, 4) is 0 Å². The standard InChI is InChI=1S/C9H9BrClN.C8H8FN3/c1-6(11)8-4-3-7(10)5-9(8)12-2;1-5-3-12-4-6(10)2-7(9)8(12)11-5/h3-5H,1-2H3;2-4H,10H2,1H3/b8-6+,12-9?;. The Labute approximate surface area is 153 Å². The van der Waals surface area contributed by atoms with Crippen molar-refractivity contribution in [2.24, 2.45) is 4.99 Å². The van der Waals surface area contributed by atoms with Crippen molar-refractivity contribution in [2.75, 3.05) is 12.8 Å². The van der Waals surface area contributed by atoms with Crippen LogP contribution in [0.5, 0.6) is 0 Å². The number of pyridine rings is 1. The van der Waals surface area contributed by atoms with Crippen LogP contribution in [0.1, 0.15) is 12.6 Å². The zero-order chi connectivity index (χ0) is 17.9. The van der Waals surface area contributed by atoms with Gasteiger partial charge in [0.1, 0.15) is 0 Å². The van der Waals surface area contributed by atoms with Crippen LogP contribution in [-0.2, 0) is 0 Å². The molecule has 1 aliphatic carbocycles. The summed E-state index contributed by atoms with van der Waals surface area (Å²) in [4.78, 5) is 8.10. The number of halogens is 3. The number of aromatic nitrogens is 2. The molecule has 0 amide bonds. The molecule has 2 aromatic rings. The van der Waals surface area contributed by atoms with E-state index in [2.05, 4.69) is 25.9 Å². The van der Waals surface area contributed by atoms with Crippen LogP contribution in [0.25, 0.3) is 5.65 Å². The summed E-state index contributed by atoms with van der Waals surface area (Å²) in [6, 6.07) is 1.27. The minimum Gasteiger partial charge on any atom is -0.397 e. The maximum atomic E-state index is 13.1. The monoisotopic (exact) mass is 410 g/mol. The second-order valence-corrected chi connectivity index (χ2v) is 6.64. The molecule has 2 aromatic heterocycles. The maximum Gasteiger partial charge on any atom is 0.173 e. The molecule has 24 heavy (non-hydrogen) atoms. The number of anilines is 1. The molecular formula is C17H17BrClFN4. The van der Waals surface area contributed by atoms with E-state index in [-0.39, 0.29) is 5.82 Å². The lowest BCUT2D eigenvalue weighted by Gasteiger charge is -2.08. The van der Waals surface area contributed by atoms with E-state index in [0.29, 0.717) is 11.3 Å². The predicted octanol–water partition coefficient (Wildman–Crippen LogP) is 4.78. The third kappa shape index (κ3) is 4.33. The molecule has 0 saturated heterocycles. The Balaban J connectivity index is 0.000000174. The van der Waals surface area contributed by atoms with Crippen LogP contribution in [0.2, 0.25) is 0 Å². The first-order chi connectivity index (χ1) is 11.3. The van der Waals surface area contributed by atoms with Crippen molar-refractivity contribution in [3.05, 3.63) is 63.3 Å². The maximum absolute atomic E-state index is 13.1. The molecule has 3 rings (SSSR count). The second-order valence-electron chi connectivity index (χ2n) is 5.15. The number of imidazole rings is 1. The molecule has 2 N–H and O–H groups in total. The molecule has 4 nitrogen and oxygen atoms in total. The molecule has 7 heteroatoms. The van der Waals surface area contributed by atoms with Gasteiger partial charge in [-0.05, 0) is 26.0 Å². The molecule has 0 aliphatic heterocycles. The lowest BCUT2D eigenvalue weighted by atomic mass is 10.1. The number of aryl methyl sites for hydroxylation is 1. The van der Waals surface area contributed by atoms with E-state index in [4.69, 9.17) is 17.3 Å². The van der Waals surface area contributed by atoms with Gasteiger partial charge in [0.15, 0.2) is 11.5 Å². The number of aliphatic imine (C=N–C) groups is 1. The van der Waals surface area contributed by atoms with Crippen LogP contribution >= 0.6 is 27.5 Å². The van der Waals surface area contributed by atoms with E-state index in [9.17, 15) is 4.39 Å². The van der Waals surface area contributed by atoms with E-state index >= 15 is 0 Å². The van der Waals surface area contributed by atoms with Gasteiger partial charge >= 0.3 is 0 Å². The number of rotatable bonds is 0. The highest BCUT2D eigenvalue weighted by molar-refractivity contribution is 9.11. The first kappa shape index (κ1) is 18.4. The van der Waals surface area contributed by atoms with E-state index in [1.165, 1.54) is 6.07 Å². The number of nitrogens with two attached hydrogens (primary N) is 1. The van der Waals surface area contributed by atoms with Gasteiger partial charge in [-0.25, -0.2) is 9.37 Å². The molecule has 2 heterocycles. The third-order valence-electron chi connectivity index (χ3n) is 3.22. The van der Waals surface area contributed by atoms with Crippen LogP contribution in [0.3, 0.4) is 0 Å². The zero-order valence-electron chi connectivity index (χ0n) is 13.5. The smallest absolute Gasteiger partial charge is 0.173 e. The zero-order valence-corrected chi connectivity index (χ0v) is 15.9. The lowest BCUT2D eigenvalue weighted by molar-refractivity contribution is 0.630. The molecule has 0 unspecified atom stereocenters. The van der Waals surface area contributed by atoms with Crippen LogP contribution in [-0.4, -0.2) is 22.1 Å². The summed E-state index contributed by atoms with van der Waals surface area (Å²) in [5, 5.41) is 0.767. The van der Waals surface area contributed by atoms with E-state index < -0.39 is 0 Å². The molecule has 0 fully saturated rings. The molecule has 0 spiro atoms. The molecule has 0 bridgehead atoms. The summed E-state index contributed by atoms with van der Waals surface area (Å²) >= 11 is 9.25. The van der Waals surface area contributed by atoms with Crippen molar-refractivity contribution < 1.29 is 4.39 Å². The Morgan fingerprint density at radius 2 is 2.08 bits per heavy atom. The summed E-state index contributed by atoms with van der Waals surface area (Å²) < 4.78 is 15.7.